The smallest absolute Gasteiger partial charge is 0.234 e. The average Bonchev–Trinajstić information content (AvgIpc) is 3.03. The van der Waals surface area contributed by atoms with E-state index < -0.39 is 0 Å². The lowest BCUT2D eigenvalue weighted by atomic mass is 10.2. The van der Waals surface area contributed by atoms with Crippen molar-refractivity contribution in [3.8, 4) is 0 Å². The molecule has 152 valence electrons. The van der Waals surface area contributed by atoms with Crippen molar-refractivity contribution >= 4 is 63.8 Å². The highest BCUT2D eigenvalue weighted by Crippen LogP contribution is 2.26. The van der Waals surface area contributed by atoms with Crippen molar-refractivity contribution in [2.45, 2.75) is 18.6 Å². The number of thioether (sulfide) groups is 1. The number of amides is 1. The standard InChI is InChI=1S/C19H18Cl3N5OS/c1-11-3-5-13(8-15(11)22)24-18(28)10-29-19-26-25-17(27(19)2)9-23-16-7-12(20)4-6-14(16)21/h3-8,23H,9-10H2,1-2H3,(H,24,28). The van der Waals surface area contributed by atoms with Gasteiger partial charge in [0.15, 0.2) is 11.0 Å². The summed E-state index contributed by atoms with van der Waals surface area (Å²) >= 11 is 19.5. The summed E-state index contributed by atoms with van der Waals surface area (Å²) in [4.78, 5) is 12.2. The maximum absolute atomic E-state index is 12.2. The Bertz CT molecular complexity index is 1040. The average molecular weight is 471 g/mol. The molecule has 29 heavy (non-hydrogen) atoms. The number of anilines is 2. The normalized spacial score (nSPS) is 10.8. The molecule has 0 atom stereocenters. The van der Waals surface area contributed by atoms with Gasteiger partial charge < -0.3 is 15.2 Å². The first-order valence-corrected chi connectivity index (χ1v) is 10.7. The molecule has 6 nitrogen and oxygen atoms in total. The van der Waals surface area contributed by atoms with E-state index in [0.717, 1.165) is 5.56 Å². The second-order valence-corrected chi connectivity index (χ2v) is 8.43. The predicted molar refractivity (Wildman–Crippen MR) is 120 cm³/mol. The van der Waals surface area contributed by atoms with Crippen LogP contribution in [-0.4, -0.2) is 26.4 Å². The zero-order valence-electron chi connectivity index (χ0n) is 15.7. The minimum atomic E-state index is -0.150. The third kappa shape index (κ3) is 5.79. The lowest BCUT2D eigenvalue weighted by molar-refractivity contribution is -0.113. The first-order valence-electron chi connectivity index (χ1n) is 8.59. The summed E-state index contributed by atoms with van der Waals surface area (Å²) in [6.45, 7) is 2.32. The Hall–Kier alpha value is -1.93. The van der Waals surface area contributed by atoms with Gasteiger partial charge in [0, 0.05) is 22.8 Å². The zero-order valence-corrected chi connectivity index (χ0v) is 18.8. The van der Waals surface area contributed by atoms with Crippen molar-refractivity contribution in [1.82, 2.24) is 14.8 Å². The summed E-state index contributed by atoms with van der Waals surface area (Å²) in [5, 5.41) is 16.7. The van der Waals surface area contributed by atoms with Gasteiger partial charge in [0.2, 0.25) is 5.91 Å². The molecule has 0 radical (unpaired) electrons. The number of hydrogen-bond donors (Lipinski definition) is 2. The molecule has 0 fully saturated rings. The van der Waals surface area contributed by atoms with Crippen LogP contribution in [-0.2, 0) is 18.4 Å². The SMILES string of the molecule is Cc1ccc(NC(=O)CSc2nnc(CNc3cc(Cl)ccc3Cl)n2C)cc1Cl. The van der Waals surface area contributed by atoms with E-state index in [9.17, 15) is 4.79 Å². The maximum Gasteiger partial charge on any atom is 0.234 e. The molecule has 1 amide bonds. The lowest BCUT2D eigenvalue weighted by Crippen LogP contribution is -2.14. The number of carbonyl (C=O) groups is 1. The van der Waals surface area contributed by atoms with Gasteiger partial charge in [0.05, 0.1) is 23.0 Å². The number of aryl methyl sites for hydroxylation is 1. The number of hydrogen-bond acceptors (Lipinski definition) is 5. The largest absolute Gasteiger partial charge is 0.376 e. The van der Waals surface area contributed by atoms with Crippen LogP contribution in [0.4, 0.5) is 11.4 Å². The molecule has 1 heterocycles. The monoisotopic (exact) mass is 469 g/mol. The molecule has 0 spiro atoms. The van der Waals surface area contributed by atoms with Gasteiger partial charge in [0.25, 0.3) is 0 Å². The van der Waals surface area contributed by atoms with Crippen molar-refractivity contribution in [2.24, 2.45) is 7.05 Å². The highest BCUT2D eigenvalue weighted by molar-refractivity contribution is 7.99. The van der Waals surface area contributed by atoms with Gasteiger partial charge in [-0.2, -0.15) is 0 Å². The third-order valence-corrected chi connectivity index (χ3v) is 6.07. The van der Waals surface area contributed by atoms with E-state index in [-0.39, 0.29) is 11.7 Å². The molecule has 0 saturated heterocycles. The highest BCUT2D eigenvalue weighted by atomic mass is 35.5. The molecule has 0 aliphatic carbocycles. The van der Waals surface area contributed by atoms with Crippen LogP contribution in [0.25, 0.3) is 0 Å². The molecule has 0 aliphatic heterocycles. The van der Waals surface area contributed by atoms with Crippen molar-refractivity contribution in [3.63, 3.8) is 0 Å². The van der Waals surface area contributed by atoms with Crippen molar-refractivity contribution < 1.29 is 4.79 Å². The minimum Gasteiger partial charge on any atom is -0.376 e. The molecule has 3 aromatic rings. The Labute approximate surface area is 187 Å². The number of benzene rings is 2. The van der Waals surface area contributed by atoms with Gasteiger partial charge in [-0.15, -0.1) is 10.2 Å². The van der Waals surface area contributed by atoms with E-state index in [1.807, 2.05) is 30.7 Å². The fourth-order valence-corrected chi connectivity index (χ4v) is 3.70. The number of nitrogens with one attached hydrogen (secondary N) is 2. The van der Waals surface area contributed by atoms with Crippen molar-refractivity contribution in [2.75, 3.05) is 16.4 Å². The van der Waals surface area contributed by atoms with Gasteiger partial charge in [-0.1, -0.05) is 52.6 Å². The topological polar surface area (TPSA) is 71.8 Å². The van der Waals surface area contributed by atoms with Crippen molar-refractivity contribution in [3.05, 3.63) is 62.9 Å². The van der Waals surface area contributed by atoms with Gasteiger partial charge in [-0.25, -0.2) is 0 Å². The summed E-state index contributed by atoms with van der Waals surface area (Å²) in [5.74, 6) is 0.753. The molecule has 0 saturated carbocycles. The number of halogens is 3. The van der Waals surface area contributed by atoms with E-state index in [1.165, 1.54) is 11.8 Å². The van der Waals surface area contributed by atoms with Gasteiger partial charge in [-0.3, -0.25) is 4.79 Å². The minimum absolute atomic E-state index is 0.150. The molecule has 10 heteroatoms. The van der Waals surface area contributed by atoms with E-state index in [1.54, 1.807) is 24.3 Å². The fraction of sp³-hybridized carbons (Fsp3) is 0.211. The van der Waals surface area contributed by atoms with Crippen LogP contribution in [0.3, 0.4) is 0 Å². The summed E-state index contributed by atoms with van der Waals surface area (Å²) in [5.41, 5.74) is 2.33. The summed E-state index contributed by atoms with van der Waals surface area (Å²) < 4.78 is 1.83. The van der Waals surface area contributed by atoms with E-state index in [4.69, 9.17) is 34.8 Å². The second kappa shape index (κ2) is 9.71. The number of aromatic nitrogens is 3. The summed E-state index contributed by atoms with van der Waals surface area (Å²) in [7, 11) is 1.84. The van der Waals surface area contributed by atoms with Crippen LogP contribution in [0.15, 0.2) is 41.6 Å². The van der Waals surface area contributed by atoms with Crippen LogP contribution in [0.5, 0.6) is 0 Å². The molecule has 2 aromatic carbocycles. The Balaban J connectivity index is 1.55. The quantitative estimate of drug-likeness (QED) is 0.451. The number of rotatable bonds is 7. The Morgan fingerprint density at radius 3 is 2.66 bits per heavy atom. The molecule has 0 aliphatic rings. The van der Waals surface area contributed by atoms with Crippen LogP contribution in [0.2, 0.25) is 15.1 Å². The summed E-state index contributed by atoms with van der Waals surface area (Å²) in [6, 6.07) is 10.6. The van der Waals surface area contributed by atoms with Crippen molar-refractivity contribution in [1.29, 1.82) is 0 Å². The fourth-order valence-electron chi connectivity index (χ4n) is 2.43. The predicted octanol–water partition coefficient (Wildman–Crippen LogP) is 5.43. The zero-order chi connectivity index (χ0) is 21.0. The number of nitrogens with zero attached hydrogens (tertiary/aromatic N) is 3. The van der Waals surface area contributed by atoms with Crippen LogP contribution < -0.4 is 10.6 Å². The van der Waals surface area contributed by atoms with Crippen LogP contribution >= 0.6 is 46.6 Å². The number of carbonyl (C=O) groups excluding carboxylic acids is 1. The molecule has 0 unspecified atom stereocenters. The van der Waals surface area contributed by atoms with Crippen LogP contribution in [0, 0.1) is 6.92 Å². The first kappa shape index (κ1) is 21.8. The lowest BCUT2D eigenvalue weighted by Gasteiger charge is -2.09. The van der Waals surface area contributed by atoms with E-state index in [2.05, 4.69) is 20.8 Å². The van der Waals surface area contributed by atoms with E-state index in [0.29, 0.717) is 44.0 Å². The molecular formula is C19H18Cl3N5OS. The second-order valence-electron chi connectivity index (χ2n) is 6.24. The Kier molecular flexibility index (Phi) is 7.29. The van der Waals surface area contributed by atoms with Gasteiger partial charge >= 0.3 is 0 Å². The first-order chi connectivity index (χ1) is 13.8. The molecule has 1 aromatic heterocycles. The summed E-state index contributed by atoms with van der Waals surface area (Å²) in [6.07, 6.45) is 0. The highest BCUT2D eigenvalue weighted by Gasteiger charge is 2.12. The molecule has 3 rings (SSSR count). The molecular weight excluding hydrogens is 453 g/mol. The van der Waals surface area contributed by atoms with Gasteiger partial charge in [-0.05, 0) is 42.8 Å². The molecule has 2 N–H and O–H groups in total. The Morgan fingerprint density at radius 1 is 1.10 bits per heavy atom. The van der Waals surface area contributed by atoms with E-state index >= 15 is 0 Å². The maximum atomic E-state index is 12.2. The molecule has 0 bridgehead atoms. The van der Waals surface area contributed by atoms with Gasteiger partial charge in [0.1, 0.15) is 0 Å². The third-order valence-electron chi connectivity index (χ3n) is 4.08. The Morgan fingerprint density at radius 2 is 1.90 bits per heavy atom. The van der Waals surface area contributed by atoms with Crippen LogP contribution in [0.1, 0.15) is 11.4 Å².